The van der Waals surface area contributed by atoms with Crippen molar-refractivity contribution in [2.75, 3.05) is 6.54 Å². The van der Waals surface area contributed by atoms with Crippen molar-refractivity contribution in [3.63, 3.8) is 0 Å². The summed E-state index contributed by atoms with van der Waals surface area (Å²) in [5, 5.41) is 3.61. The smallest absolute Gasteiger partial charge is 0.124 e. The molecule has 0 aromatic heterocycles. The second-order valence-corrected chi connectivity index (χ2v) is 7.08. The van der Waals surface area contributed by atoms with E-state index in [1.807, 2.05) is 6.07 Å². The third-order valence-electron chi connectivity index (χ3n) is 3.52. The van der Waals surface area contributed by atoms with Gasteiger partial charge in [-0.2, -0.15) is 0 Å². The van der Waals surface area contributed by atoms with Gasteiger partial charge < -0.3 is 5.32 Å². The van der Waals surface area contributed by atoms with Crippen LogP contribution in [0.15, 0.2) is 22.7 Å². The fourth-order valence-electron chi connectivity index (χ4n) is 2.59. The Hall–Kier alpha value is -0.410. The molecule has 1 aromatic rings. The highest BCUT2D eigenvalue weighted by Crippen LogP contribution is 2.23. The van der Waals surface area contributed by atoms with E-state index in [1.54, 1.807) is 6.07 Å². The molecule has 106 valence electrons. The number of hydrogen-bond donors (Lipinski definition) is 1. The average Bonchev–Trinajstić information content (AvgIpc) is 3.07. The summed E-state index contributed by atoms with van der Waals surface area (Å²) in [5.41, 5.74) is 1.09. The van der Waals surface area contributed by atoms with Crippen molar-refractivity contribution >= 4 is 15.9 Å². The summed E-state index contributed by atoms with van der Waals surface area (Å²) in [6.07, 6.45) is 4.78. The van der Waals surface area contributed by atoms with E-state index in [0.717, 1.165) is 29.0 Å². The molecule has 1 fully saturated rings. The molecule has 1 aliphatic rings. The average molecular weight is 328 g/mol. The second-order valence-electron chi connectivity index (χ2n) is 6.16. The standard InChI is InChI=1S/C16H23BrFN/c1-11(2)5-13(10-19-16-3-4-16)6-12-7-14(17)9-15(18)8-12/h7-9,11,13,16,19H,3-6,10H2,1-2H3. The molecule has 0 heterocycles. The van der Waals surface area contributed by atoms with Crippen molar-refractivity contribution < 1.29 is 4.39 Å². The molecule has 1 N–H and O–H groups in total. The van der Waals surface area contributed by atoms with E-state index < -0.39 is 0 Å². The van der Waals surface area contributed by atoms with Crippen molar-refractivity contribution in [3.05, 3.63) is 34.1 Å². The van der Waals surface area contributed by atoms with Gasteiger partial charge in [0.05, 0.1) is 0 Å². The van der Waals surface area contributed by atoms with Crippen molar-refractivity contribution in [2.24, 2.45) is 11.8 Å². The van der Waals surface area contributed by atoms with Crippen LogP contribution in [0.4, 0.5) is 4.39 Å². The van der Waals surface area contributed by atoms with Crippen LogP contribution in [0.3, 0.4) is 0 Å². The Bertz CT molecular complexity index is 395. The molecule has 19 heavy (non-hydrogen) atoms. The predicted octanol–water partition coefficient (Wildman–Crippen LogP) is 4.55. The summed E-state index contributed by atoms with van der Waals surface area (Å²) < 4.78 is 14.3. The fraction of sp³-hybridized carbons (Fsp3) is 0.625. The van der Waals surface area contributed by atoms with Gasteiger partial charge in [0.15, 0.2) is 0 Å². The molecule has 2 rings (SSSR count). The Morgan fingerprint density at radius 2 is 2.05 bits per heavy atom. The maximum absolute atomic E-state index is 13.4. The molecule has 0 radical (unpaired) electrons. The lowest BCUT2D eigenvalue weighted by atomic mass is 9.91. The first-order valence-electron chi connectivity index (χ1n) is 7.21. The van der Waals surface area contributed by atoms with E-state index in [1.165, 1.54) is 25.3 Å². The van der Waals surface area contributed by atoms with Crippen LogP contribution in [0.5, 0.6) is 0 Å². The normalized spacial score (nSPS) is 16.9. The van der Waals surface area contributed by atoms with Gasteiger partial charge in [-0.25, -0.2) is 4.39 Å². The Morgan fingerprint density at radius 3 is 2.63 bits per heavy atom. The molecule has 1 unspecified atom stereocenters. The first kappa shape index (κ1) is 15.0. The van der Waals surface area contributed by atoms with Crippen LogP contribution in [-0.4, -0.2) is 12.6 Å². The van der Waals surface area contributed by atoms with E-state index in [4.69, 9.17) is 0 Å². The van der Waals surface area contributed by atoms with Crippen LogP contribution in [0.1, 0.15) is 38.7 Å². The molecule has 0 amide bonds. The lowest BCUT2D eigenvalue weighted by molar-refractivity contribution is 0.383. The van der Waals surface area contributed by atoms with Gasteiger partial charge in [-0.1, -0.05) is 29.8 Å². The molecular weight excluding hydrogens is 305 g/mol. The van der Waals surface area contributed by atoms with Gasteiger partial charge in [-0.3, -0.25) is 0 Å². The summed E-state index contributed by atoms with van der Waals surface area (Å²) in [4.78, 5) is 0. The molecule has 0 spiro atoms. The summed E-state index contributed by atoms with van der Waals surface area (Å²) >= 11 is 3.37. The van der Waals surface area contributed by atoms with Crippen molar-refractivity contribution in [2.45, 2.75) is 45.6 Å². The monoisotopic (exact) mass is 327 g/mol. The molecule has 1 aromatic carbocycles. The molecule has 1 nitrogen and oxygen atoms in total. The van der Waals surface area contributed by atoms with Crippen molar-refractivity contribution in [3.8, 4) is 0 Å². The van der Waals surface area contributed by atoms with Gasteiger partial charge in [0.2, 0.25) is 0 Å². The summed E-state index contributed by atoms with van der Waals surface area (Å²) in [6.45, 7) is 5.56. The maximum atomic E-state index is 13.4. The highest BCUT2D eigenvalue weighted by atomic mass is 79.9. The Balaban J connectivity index is 1.95. The number of hydrogen-bond acceptors (Lipinski definition) is 1. The van der Waals surface area contributed by atoms with Gasteiger partial charge in [-0.15, -0.1) is 0 Å². The first-order chi connectivity index (χ1) is 9.02. The summed E-state index contributed by atoms with van der Waals surface area (Å²) in [5.74, 6) is 1.13. The third-order valence-corrected chi connectivity index (χ3v) is 3.98. The van der Waals surface area contributed by atoms with Crippen LogP contribution in [0, 0.1) is 17.7 Å². The predicted molar refractivity (Wildman–Crippen MR) is 81.8 cm³/mol. The zero-order valence-electron chi connectivity index (χ0n) is 11.8. The van der Waals surface area contributed by atoms with E-state index in [2.05, 4.69) is 35.1 Å². The highest BCUT2D eigenvalue weighted by molar-refractivity contribution is 9.10. The molecule has 1 atom stereocenters. The van der Waals surface area contributed by atoms with E-state index in [0.29, 0.717) is 11.8 Å². The number of benzene rings is 1. The lowest BCUT2D eigenvalue weighted by Gasteiger charge is -2.20. The highest BCUT2D eigenvalue weighted by Gasteiger charge is 2.22. The van der Waals surface area contributed by atoms with Crippen LogP contribution in [0.2, 0.25) is 0 Å². The van der Waals surface area contributed by atoms with E-state index in [-0.39, 0.29) is 5.82 Å². The zero-order valence-corrected chi connectivity index (χ0v) is 13.3. The quantitative estimate of drug-likeness (QED) is 0.774. The van der Waals surface area contributed by atoms with Crippen LogP contribution >= 0.6 is 15.9 Å². The first-order valence-corrected chi connectivity index (χ1v) is 8.00. The second kappa shape index (κ2) is 6.85. The van der Waals surface area contributed by atoms with Gasteiger partial charge in [0, 0.05) is 10.5 Å². The van der Waals surface area contributed by atoms with Crippen LogP contribution < -0.4 is 5.32 Å². The summed E-state index contributed by atoms with van der Waals surface area (Å²) in [7, 11) is 0. The topological polar surface area (TPSA) is 12.0 Å². The van der Waals surface area contributed by atoms with Gasteiger partial charge in [0.25, 0.3) is 0 Å². The Kier molecular flexibility index (Phi) is 5.40. The minimum atomic E-state index is -0.150. The third kappa shape index (κ3) is 5.62. The minimum absolute atomic E-state index is 0.150. The molecule has 1 aliphatic carbocycles. The van der Waals surface area contributed by atoms with Gasteiger partial charge in [-0.05, 0) is 67.8 Å². The zero-order chi connectivity index (χ0) is 13.8. The van der Waals surface area contributed by atoms with Gasteiger partial charge >= 0.3 is 0 Å². The lowest BCUT2D eigenvalue weighted by Crippen LogP contribution is -2.27. The van der Waals surface area contributed by atoms with Crippen molar-refractivity contribution in [1.29, 1.82) is 0 Å². The summed E-state index contributed by atoms with van der Waals surface area (Å²) in [6, 6.07) is 5.96. The number of halogens is 2. The SMILES string of the molecule is CC(C)CC(CNC1CC1)Cc1cc(F)cc(Br)c1. The maximum Gasteiger partial charge on any atom is 0.124 e. The molecule has 0 saturated heterocycles. The number of nitrogens with one attached hydrogen (secondary N) is 1. The van der Waals surface area contributed by atoms with Gasteiger partial charge in [0.1, 0.15) is 5.82 Å². The van der Waals surface area contributed by atoms with E-state index >= 15 is 0 Å². The number of rotatable bonds is 7. The van der Waals surface area contributed by atoms with Crippen molar-refractivity contribution in [1.82, 2.24) is 5.32 Å². The molecule has 3 heteroatoms. The molecule has 0 aliphatic heterocycles. The molecule has 1 saturated carbocycles. The Labute approximate surface area is 124 Å². The van der Waals surface area contributed by atoms with E-state index in [9.17, 15) is 4.39 Å². The molecule has 0 bridgehead atoms. The Morgan fingerprint density at radius 1 is 1.32 bits per heavy atom. The minimum Gasteiger partial charge on any atom is -0.314 e. The van der Waals surface area contributed by atoms with Crippen LogP contribution in [-0.2, 0) is 6.42 Å². The fourth-order valence-corrected chi connectivity index (χ4v) is 3.10. The molecular formula is C16H23BrFN. The van der Waals surface area contributed by atoms with Crippen LogP contribution in [0.25, 0.3) is 0 Å². The largest absolute Gasteiger partial charge is 0.314 e.